The van der Waals surface area contributed by atoms with E-state index in [0.717, 1.165) is 45.0 Å². The zero-order valence-electron chi connectivity index (χ0n) is 21.1. The van der Waals surface area contributed by atoms with E-state index < -0.39 is 0 Å². The Labute approximate surface area is 222 Å². The lowest BCUT2D eigenvalue weighted by Gasteiger charge is -2.27. The van der Waals surface area contributed by atoms with E-state index in [2.05, 4.69) is 90.9 Å². The minimum atomic E-state index is -0.390. The quantitative estimate of drug-likeness (QED) is 0.158. The first-order valence-corrected chi connectivity index (χ1v) is 12.2. The lowest BCUT2D eigenvalue weighted by atomic mass is 10.0. The molecule has 0 saturated heterocycles. The second kappa shape index (κ2) is 10.4. The fourth-order valence-corrected chi connectivity index (χ4v) is 4.60. The highest BCUT2D eigenvalue weighted by Gasteiger charge is 2.15. The van der Waals surface area contributed by atoms with Crippen LogP contribution in [0.3, 0.4) is 0 Å². The van der Waals surface area contributed by atoms with E-state index in [4.69, 9.17) is 0 Å². The number of hydrogen-bond acceptors (Lipinski definition) is 4. The van der Waals surface area contributed by atoms with Gasteiger partial charge in [0.05, 0.1) is 4.92 Å². The Morgan fingerprint density at radius 1 is 0.632 bits per heavy atom. The van der Waals surface area contributed by atoms with Gasteiger partial charge in [-0.3, -0.25) is 10.1 Å². The minimum absolute atomic E-state index is 0.0740. The van der Waals surface area contributed by atoms with Gasteiger partial charge in [0.1, 0.15) is 0 Å². The van der Waals surface area contributed by atoms with Gasteiger partial charge in [-0.25, -0.2) is 0 Å². The van der Waals surface area contributed by atoms with Crippen LogP contribution in [0.2, 0.25) is 0 Å². The van der Waals surface area contributed by atoms with Crippen LogP contribution in [-0.4, -0.2) is 12.0 Å². The molecule has 0 amide bonds. The summed E-state index contributed by atoms with van der Waals surface area (Å²) in [7, 11) is 1.95. The van der Waals surface area contributed by atoms with Gasteiger partial charge in [0.2, 0.25) is 0 Å². The molecule has 0 saturated carbocycles. The maximum absolute atomic E-state index is 11.0. The topological polar surface area (TPSA) is 49.6 Å². The predicted octanol–water partition coefficient (Wildman–Crippen LogP) is 9.27. The summed E-state index contributed by atoms with van der Waals surface area (Å²) in [5.74, 6) is 0. The number of rotatable bonds is 8. The van der Waals surface area contributed by atoms with Gasteiger partial charge in [0.25, 0.3) is 5.69 Å². The standard InChI is InChI=1S/C33H27N3O2/c1-4-24-10-12-32(22-25(24)5-2)35(33-13-11-26-8-6-7-9-27(26)23-33)30-18-14-28(15-19-30)34(3)29-16-20-31(21-17-29)36(37)38/h4-23H,1-2H2,3H3. The van der Waals surface area contributed by atoms with Crippen LogP contribution in [0.1, 0.15) is 11.1 Å². The monoisotopic (exact) mass is 497 g/mol. The van der Waals surface area contributed by atoms with Crippen molar-refractivity contribution in [3.05, 3.63) is 144 Å². The fourth-order valence-electron chi connectivity index (χ4n) is 4.60. The molecule has 0 aliphatic carbocycles. The summed E-state index contributed by atoms with van der Waals surface area (Å²) in [4.78, 5) is 14.8. The van der Waals surface area contributed by atoms with Crippen LogP contribution >= 0.6 is 0 Å². The molecule has 5 nitrogen and oxygen atoms in total. The number of nitro benzene ring substituents is 1. The van der Waals surface area contributed by atoms with Gasteiger partial charge >= 0.3 is 0 Å². The van der Waals surface area contributed by atoms with Gasteiger partial charge in [0.15, 0.2) is 0 Å². The van der Waals surface area contributed by atoms with Crippen molar-refractivity contribution >= 4 is 57.0 Å². The third kappa shape index (κ3) is 4.77. The van der Waals surface area contributed by atoms with E-state index in [1.54, 1.807) is 12.1 Å². The van der Waals surface area contributed by atoms with Crippen molar-refractivity contribution in [2.75, 3.05) is 16.8 Å². The molecule has 5 aromatic carbocycles. The first-order valence-electron chi connectivity index (χ1n) is 12.2. The van der Waals surface area contributed by atoms with E-state index in [-0.39, 0.29) is 10.6 Å². The highest BCUT2D eigenvalue weighted by Crippen LogP contribution is 2.38. The van der Waals surface area contributed by atoms with Crippen LogP contribution in [0.15, 0.2) is 122 Å². The number of hydrogen-bond donors (Lipinski definition) is 0. The van der Waals surface area contributed by atoms with Gasteiger partial charge in [-0.15, -0.1) is 0 Å². The second-order valence-electron chi connectivity index (χ2n) is 8.94. The number of nitro groups is 1. The first-order chi connectivity index (χ1) is 18.5. The third-order valence-electron chi connectivity index (χ3n) is 6.70. The lowest BCUT2D eigenvalue weighted by Crippen LogP contribution is -2.12. The van der Waals surface area contributed by atoms with Crippen molar-refractivity contribution in [2.24, 2.45) is 0 Å². The maximum Gasteiger partial charge on any atom is 0.269 e. The highest BCUT2D eigenvalue weighted by atomic mass is 16.6. The number of fused-ring (bicyclic) bond motifs is 1. The molecular formula is C33H27N3O2. The zero-order valence-corrected chi connectivity index (χ0v) is 21.1. The SMILES string of the molecule is C=Cc1ccc(N(c2ccc(N(C)c3ccc([N+](=O)[O-])cc3)cc2)c2ccc3ccccc3c2)cc1C=C. The first kappa shape index (κ1) is 24.5. The molecule has 0 aliphatic rings. The van der Waals surface area contributed by atoms with Gasteiger partial charge < -0.3 is 9.80 Å². The molecule has 38 heavy (non-hydrogen) atoms. The predicted molar refractivity (Wildman–Crippen MR) is 160 cm³/mol. The van der Waals surface area contributed by atoms with Crippen LogP contribution in [0, 0.1) is 10.1 Å². The van der Waals surface area contributed by atoms with Crippen molar-refractivity contribution in [2.45, 2.75) is 0 Å². The van der Waals surface area contributed by atoms with Gasteiger partial charge in [-0.1, -0.05) is 61.7 Å². The van der Waals surface area contributed by atoms with E-state index in [1.807, 2.05) is 36.2 Å². The Balaban J connectivity index is 1.56. The molecule has 0 bridgehead atoms. The molecule has 0 aromatic heterocycles. The summed E-state index contributed by atoms with van der Waals surface area (Å²) < 4.78 is 0. The van der Waals surface area contributed by atoms with Crippen molar-refractivity contribution in [1.82, 2.24) is 0 Å². The van der Waals surface area contributed by atoms with Crippen LogP contribution in [-0.2, 0) is 0 Å². The summed E-state index contributed by atoms with van der Waals surface area (Å²) >= 11 is 0. The van der Waals surface area contributed by atoms with Crippen molar-refractivity contribution in [3.63, 3.8) is 0 Å². The zero-order chi connectivity index (χ0) is 26.6. The van der Waals surface area contributed by atoms with Crippen molar-refractivity contribution in [1.29, 1.82) is 0 Å². The molecule has 0 aliphatic heterocycles. The molecule has 0 spiro atoms. The normalized spacial score (nSPS) is 10.7. The van der Waals surface area contributed by atoms with Crippen LogP contribution in [0.25, 0.3) is 22.9 Å². The Kier molecular flexibility index (Phi) is 6.74. The molecule has 186 valence electrons. The second-order valence-corrected chi connectivity index (χ2v) is 8.94. The highest BCUT2D eigenvalue weighted by molar-refractivity contribution is 5.90. The maximum atomic E-state index is 11.0. The summed E-state index contributed by atoms with van der Waals surface area (Å²) in [6.45, 7) is 7.92. The molecule has 5 aromatic rings. The Morgan fingerprint density at radius 3 is 1.79 bits per heavy atom. The van der Waals surface area contributed by atoms with Gasteiger partial charge in [-0.2, -0.15) is 0 Å². The third-order valence-corrected chi connectivity index (χ3v) is 6.70. The number of anilines is 5. The molecular weight excluding hydrogens is 470 g/mol. The van der Waals surface area contributed by atoms with Crippen LogP contribution < -0.4 is 9.80 Å². The Hall–Kier alpha value is -5.16. The number of nitrogens with zero attached hydrogens (tertiary/aromatic N) is 3. The molecule has 0 radical (unpaired) electrons. The van der Waals surface area contributed by atoms with E-state index in [9.17, 15) is 10.1 Å². The smallest absolute Gasteiger partial charge is 0.269 e. The minimum Gasteiger partial charge on any atom is -0.345 e. The summed E-state index contributed by atoms with van der Waals surface area (Å²) in [6, 6.07) is 35.9. The summed E-state index contributed by atoms with van der Waals surface area (Å²) in [5.41, 5.74) is 7.01. The number of benzene rings is 5. The largest absolute Gasteiger partial charge is 0.345 e. The summed E-state index contributed by atoms with van der Waals surface area (Å²) in [5, 5.41) is 13.4. The average molecular weight is 498 g/mol. The van der Waals surface area contributed by atoms with Crippen molar-refractivity contribution in [3.8, 4) is 0 Å². The Morgan fingerprint density at radius 2 is 1.16 bits per heavy atom. The Bertz CT molecular complexity index is 1640. The van der Waals surface area contributed by atoms with E-state index in [1.165, 1.54) is 17.5 Å². The van der Waals surface area contributed by atoms with Crippen LogP contribution in [0.4, 0.5) is 34.1 Å². The molecule has 5 heteroatoms. The van der Waals surface area contributed by atoms with E-state index >= 15 is 0 Å². The molecule has 0 N–H and O–H groups in total. The summed E-state index contributed by atoms with van der Waals surface area (Å²) in [6.07, 6.45) is 3.69. The average Bonchev–Trinajstić information content (AvgIpc) is 2.97. The van der Waals surface area contributed by atoms with Crippen molar-refractivity contribution < 1.29 is 4.92 Å². The molecule has 0 unspecified atom stereocenters. The molecule has 0 fully saturated rings. The van der Waals surface area contributed by atoms with Gasteiger partial charge in [-0.05, 0) is 82.6 Å². The molecule has 0 heterocycles. The van der Waals surface area contributed by atoms with Crippen LogP contribution in [0.5, 0.6) is 0 Å². The number of non-ortho nitro benzene ring substituents is 1. The van der Waals surface area contributed by atoms with Gasteiger partial charge in [0, 0.05) is 47.6 Å². The lowest BCUT2D eigenvalue weighted by molar-refractivity contribution is -0.384. The molecule has 5 rings (SSSR count). The van der Waals surface area contributed by atoms with E-state index in [0.29, 0.717) is 0 Å². The molecule has 0 atom stereocenters. The fraction of sp³-hybridized carbons (Fsp3) is 0.0303.